The van der Waals surface area contributed by atoms with Crippen LogP contribution in [0.4, 0.5) is 0 Å². The summed E-state index contributed by atoms with van der Waals surface area (Å²) in [4.78, 5) is 0.267. The summed E-state index contributed by atoms with van der Waals surface area (Å²) in [6.45, 7) is 1.12. The van der Waals surface area contributed by atoms with Crippen LogP contribution in [0.5, 0.6) is 5.75 Å². The molecule has 1 aromatic heterocycles. The average molecular weight is 349 g/mol. The Balaban J connectivity index is 1.57. The SMILES string of the molecule is Cn1cc([C@H]2OCC[C@@H]2NS(=O)(=O)c2ccc3c(c2)CCO3)cn1. The molecule has 2 aliphatic rings. The minimum atomic E-state index is -3.61. The number of nitrogens with one attached hydrogen (secondary N) is 1. The molecule has 1 saturated heterocycles. The van der Waals surface area contributed by atoms with Crippen LogP contribution in [-0.2, 0) is 28.2 Å². The molecule has 2 aliphatic heterocycles. The van der Waals surface area contributed by atoms with Crippen molar-refractivity contribution in [2.75, 3.05) is 13.2 Å². The molecule has 8 heteroatoms. The predicted molar refractivity (Wildman–Crippen MR) is 86.3 cm³/mol. The van der Waals surface area contributed by atoms with Crippen LogP contribution in [0, 0.1) is 0 Å². The Morgan fingerprint density at radius 2 is 2.21 bits per heavy atom. The summed E-state index contributed by atoms with van der Waals surface area (Å²) < 4.78 is 41.1. The molecule has 24 heavy (non-hydrogen) atoms. The van der Waals surface area contributed by atoms with Crippen molar-refractivity contribution in [2.45, 2.75) is 29.9 Å². The largest absolute Gasteiger partial charge is 0.493 e. The molecule has 1 aromatic carbocycles. The molecule has 0 amide bonds. The fourth-order valence-corrected chi connectivity index (χ4v) is 4.54. The van der Waals surface area contributed by atoms with Crippen LogP contribution in [0.25, 0.3) is 0 Å². The molecule has 1 fully saturated rings. The molecule has 128 valence electrons. The van der Waals surface area contributed by atoms with Gasteiger partial charge >= 0.3 is 0 Å². The molecule has 7 nitrogen and oxygen atoms in total. The molecule has 0 spiro atoms. The molecule has 0 saturated carbocycles. The second-order valence-electron chi connectivity index (χ2n) is 6.12. The van der Waals surface area contributed by atoms with E-state index in [0.717, 1.165) is 23.3 Å². The summed E-state index contributed by atoms with van der Waals surface area (Å²) in [6, 6.07) is 4.70. The zero-order chi connectivity index (χ0) is 16.7. The normalized spacial score (nSPS) is 23.2. The second kappa shape index (κ2) is 5.87. The maximum atomic E-state index is 12.7. The van der Waals surface area contributed by atoms with Crippen molar-refractivity contribution in [3.05, 3.63) is 41.7 Å². The highest BCUT2D eigenvalue weighted by atomic mass is 32.2. The van der Waals surface area contributed by atoms with E-state index in [1.807, 2.05) is 13.2 Å². The quantitative estimate of drug-likeness (QED) is 0.896. The summed E-state index contributed by atoms with van der Waals surface area (Å²) in [5.41, 5.74) is 1.81. The monoisotopic (exact) mass is 349 g/mol. The summed E-state index contributed by atoms with van der Waals surface area (Å²) in [7, 11) is -1.79. The molecule has 1 N–H and O–H groups in total. The Morgan fingerprint density at radius 1 is 1.33 bits per heavy atom. The fourth-order valence-electron chi connectivity index (χ4n) is 3.22. The molecule has 0 aliphatic carbocycles. The Labute approximate surface area is 140 Å². The van der Waals surface area contributed by atoms with E-state index in [2.05, 4.69) is 9.82 Å². The maximum Gasteiger partial charge on any atom is 0.240 e. The Bertz CT molecular complexity index is 862. The first-order valence-electron chi connectivity index (χ1n) is 7.91. The van der Waals surface area contributed by atoms with Gasteiger partial charge in [-0.05, 0) is 30.2 Å². The van der Waals surface area contributed by atoms with Crippen molar-refractivity contribution in [3.8, 4) is 5.75 Å². The van der Waals surface area contributed by atoms with Crippen molar-refractivity contribution in [1.29, 1.82) is 0 Å². The van der Waals surface area contributed by atoms with E-state index >= 15 is 0 Å². The highest BCUT2D eigenvalue weighted by molar-refractivity contribution is 7.89. The lowest BCUT2D eigenvalue weighted by Crippen LogP contribution is -2.36. The van der Waals surface area contributed by atoms with Crippen LogP contribution in [0.3, 0.4) is 0 Å². The second-order valence-corrected chi connectivity index (χ2v) is 7.84. The van der Waals surface area contributed by atoms with Crippen LogP contribution in [-0.4, -0.2) is 37.5 Å². The van der Waals surface area contributed by atoms with E-state index in [1.165, 1.54) is 0 Å². The zero-order valence-electron chi connectivity index (χ0n) is 13.3. The molecule has 3 heterocycles. The first-order chi connectivity index (χ1) is 11.5. The number of hydrogen-bond acceptors (Lipinski definition) is 5. The van der Waals surface area contributed by atoms with Crippen molar-refractivity contribution >= 4 is 10.0 Å². The van der Waals surface area contributed by atoms with Crippen molar-refractivity contribution in [1.82, 2.24) is 14.5 Å². The van der Waals surface area contributed by atoms with Crippen LogP contribution in [0.15, 0.2) is 35.5 Å². The predicted octanol–water partition coefficient (Wildman–Crippen LogP) is 1.16. The van der Waals surface area contributed by atoms with Gasteiger partial charge in [0.25, 0.3) is 0 Å². The van der Waals surface area contributed by atoms with Gasteiger partial charge in [-0.15, -0.1) is 0 Å². The van der Waals surface area contributed by atoms with Gasteiger partial charge < -0.3 is 9.47 Å². The summed E-state index contributed by atoms with van der Waals surface area (Å²) >= 11 is 0. The lowest BCUT2D eigenvalue weighted by atomic mass is 10.1. The number of hydrogen-bond donors (Lipinski definition) is 1. The fraction of sp³-hybridized carbons (Fsp3) is 0.438. The first kappa shape index (κ1) is 15.6. The molecule has 4 rings (SSSR count). The van der Waals surface area contributed by atoms with Crippen LogP contribution in [0.2, 0.25) is 0 Å². The summed E-state index contributed by atoms with van der Waals surface area (Å²) in [5.74, 6) is 0.770. The van der Waals surface area contributed by atoms with Crippen molar-refractivity contribution in [2.24, 2.45) is 7.05 Å². The standard InChI is InChI=1S/C16H19N3O4S/c1-19-10-12(9-17-19)16-14(5-7-23-16)18-24(20,21)13-2-3-15-11(8-13)4-6-22-15/h2-3,8-10,14,16,18H,4-7H2,1H3/t14-,16+/m0/s1. The molecule has 0 unspecified atom stereocenters. The maximum absolute atomic E-state index is 12.7. The van der Waals surface area contributed by atoms with Gasteiger partial charge in [-0.25, -0.2) is 13.1 Å². The van der Waals surface area contributed by atoms with E-state index < -0.39 is 10.0 Å². The third-order valence-corrected chi connectivity index (χ3v) is 5.91. The van der Waals surface area contributed by atoms with E-state index in [1.54, 1.807) is 29.1 Å². The van der Waals surface area contributed by atoms with Gasteiger partial charge in [-0.1, -0.05) is 0 Å². The van der Waals surface area contributed by atoms with Crippen LogP contribution < -0.4 is 9.46 Å². The topological polar surface area (TPSA) is 82.5 Å². The number of rotatable bonds is 4. The minimum Gasteiger partial charge on any atom is -0.493 e. The molecule has 2 aromatic rings. The highest BCUT2D eigenvalue weighted by Crippen LogP contribution is 2.31. The van der Waals surface area contributed by atoms with Crippen molar-refractivity contribution < 1.29 is 17.9 Å². The third kappa shape index (κ3) is 2.81. The average Bonchev–Trinajstić information content (AvgIpc) is 3.26. The Hall–Kier alpha value is -1.90. The van der Waals surface area contributed by atoms with Gasteiger partial charge in [0.2, 0.25) is 10.0 Å². The molecule has 0 bridgehead atoms. The van der Waals surface area contributed by atoms with E-state index in [9.17, 15) is 8.42 Å². The number of aryl methyl sites for hydroxylation is 1. The number of benzene rings is 1. The lowest BCUT2D eigenvalue weighted by Gasteiger charge is -2.19. The Morgan fingerprint density at radius 3 is 3.00 bits per heavy atom. The third-order valence-electron chi connectivity index (χ3n) is 4.42. The van der Waals surface area contributed by atoms with Crippen LogP contribution in [0.1, 0.15) is 23.7 Å². The molecular weight excluding hydrogens is 330 g/mol. The number of ether oxygens (including phenoxy) is 2. The van der Waals surface area contributed by atoms with E-state index in [0.29, 0.717) is 19.6 Å². The van der Waals surface area contributed by atoms with Gasteiger partial charge in [-0.3, -0.25) is 4.68 Å². The summed E-state index contributed by atoms with van der Waals surface area (Å²) in [6.07, 6.45) is 4.62. The number of sulfonamides is 1. The molecule has 0 radical (unpaired) electrons. The zero-order valence-corrected chi connectivity index (χ0v) is 14.1. The smallest absolute Gasteiger partial charge is 0.240 e. The van der Waals surface area contributed by atoms with E-state index in [4.69, 9.17) is 9.47 Å². The van der Waals surface area contributed by atoms with Crippen molar-refractivity contribution in [3.63, 3.8) is 0 Å². The summed E-state index contributed by atoms with van der Waals surface area (Å²) in [5, 5.41) is 4.14. The number of fused-ring (bicyclic) bond motifs is 1. The lowest BCUT2D eigenvalue weighted by molar-refractivity contribution is 0.102. The number of nitrogens with zero attached hydrogens (tertiary/aromatic N) is 2. The molecular formula is C16H19N3O4S. The Kier molecular flexibility index (Phi) is 3.82. The first-order valence-corrected chi connectivity index (χ1v) is 9.39. The van der Waals surface area contributed by atoms with Gasteiger partial charge in [0.15, 0.2) is 0 Å². The number of aromatic nitrogens is 2. The van der Waals surface area contributed by atoms with E-state index in [-0.39, 0.29) is 17.0 Å². The van der Waals surface area contributed by atoms with Gasteiger partial charge in [0.1, 0.15) is 11.9 Å². The minimum absolute atomic E-state index is 0.267. The van der Waals surface area contributed by atoms with Gasteiger partial charge in [-0.2, -0.15) is 5.10 Å². The van der Waals surface area contributed by atoms with Gasteiger partial charge in [0.05, 0.1) is 23.7 Å². The highest BCUT2D eigenvalue weighted by Gasteiger charge is 2.34. The van der Waals surface area contributed by atoms with Gasteiger partial charge in [0, 0.05) is 31.8 Å². The van der Waals surface area contributed by atoms with Crippen LogP contribution >= 0.6 is 0 Å². The molecule has 2 atom stereocenters.